The molecule has 0 bridgehead atoms. The fourth-order valence-corrected chi connectivity index (χ4v) is 2.04. The smallest absolute Gasteiger partial charge is 0.145 e. The van der Waals surface area contributed by atoms with Gasteiger partial charge < -0.3 is 5.11 Å². The Labute approximate surface area is 113 Å². The Bertz CT molecular complexity index is 581. The van der Waals surface area contributed by atoms with Crippen LogP contribution < -0.4 is 0 Å². The van der Waals surface area contributed by atoms with Crippen LogP contribution in [0.15, 0.2) is 36.4 Å². The molecule has 100 valence electrons. The van der Waals surface area contributed by atoms with Crippen molar-refractivity contribution in [2.75, 3.05) is 0 Å². The molecule has 0 aromatic heterocycles. The molecule has 1 atom stereocenters. The van der Waals surface area contributed by atoms with Crippen molar-refractivity contribution >= 4 is 11.6 Å². The Morgan fingerprint density at radius 2 is 1.58 bits per heavy atom. The van der Waals surface area contributed by atoms with Gasteiger partial charge in [0.1, 0.15) is 17.5 Å². The summed E-state index contributed by atoms with van der Waals surface area (Å²) in [6.45, 7) is 0. The molecular weight excluding hydrogens is 277 g/mol. The van der Waals surface area contributed by atoms with E-state index >= 15 is 0 Å². The van der Waals surface area contributed by atoms with Gasteiger partial charge in [0.2, 0.25) is 0 Å². The van der Waals surface area contributed by atoms with Crippen molar-refractivity contribution in [3.05, 3.63) is 70.0 Å². The van der Waals surface area contributed by atoms with Gasteiger partial charge in [0.05, 0.1) is 16.7 Å². The van der Waals surface area contributed by atoms with Crippen molar-refractivity contribution in [3.63, 3.8) is 0 Å². The first-order valence-corrected chi connectivity index (χ1v) is 5.93. The highest BCUT2D eigenvalue weighted by atomic mass is 35.5. The lowest BCUT2D eigenvalue weighted by Gasteiger charge is -2.13. The summed E-state index contributed by atoms with van der Waals surface area (Å²) in [5.41, 5.74) is -0.371. The minimum absolute atomic E-state index is 0.0984. The van der Waals surface area contributed by atoms with Gasteiger partial charge in [-0.3, -0.25) is 0 Å². The average molecular weight is 287 g/mol. The lowest BCUT2D eigenvalue weighted by molar-refractivity contribution is 0.167. The second kappa shape index (κ2) is 5.63. The molecule has 2 aromatic rings. The SMILES string of the molecule is OC(Cc1cccc(Cl)c1F)c1c(F)cccc1F. The maximum absolute atomic E-state index is 13.6. The Hall–Kier alpha value is -1.52. The van der Waals surface area contributed by atoms with E-state index in [1.165, 1.54) is 24.3 Å². The number of hydrogen-bond donors (Lipinski definition) is 1. The molecule has 0 aliphatic heterocycles. The highest BCUT2D eigenvalue weighted by Gasteiger charge is 2.20. The lowest BCUT2D eigenvalue weighted by Crippen LogP contribution is -2.08. The van der Waals surface area contributed by atoms with Crippen molar-refractivity contribution in [3.8, 4) is 0 Å². The van der Waals surface area contributed by atoms with Crippen LogP contribution in [-0.2, 0) is 6.42 Å². The number of rotatable bonds is 3. The fraction of sp³-hybridized carbons (Fsp3) is 0.143. The summed E-state index contributed by atoms with van der Waals surface area (Å²) >= 11 is 5.60. The van der Waals surface area contributed by atoms with Gasteiger partial charge in [-0.05, 0) is 23.8 Å². The van der Waals surface area contributed by atoms with Crippen LogP contribution in [-0.4, -0.2) is 5.11 Å². The second-order valence-electron chi connectivity index (χ2n) is 4.07. The van der Waals surface area contributed by atoms with Crippen LogP contribution >= 0.6 is 11.6 Å². The molecule has 0 aliphatic rings. The highest BCUT2D eigenvalue weighted by Crippen LogP contribution is 2.26. The standard InChI is InChI=1S/C14H10ClF3O/c15-9-4-1-3-8(14(9)18)7-12(19)13-10(16)5-2-6-11(13)17/h1-6,12,19H,7H2. The number of benzene rings is 2. The molecule has 1 unspecified atom stereocenters. The largest absolute Gasteiger partial charge is 0.388 e. The normalized spacial score (nSPS) is 12.5. The molecule has 1 nitrogen and oxygen atoms in total. The lowest BCUT2D eigenvalue weighted by atomic mass is 10.00. The molecule has 2 aromatic carbocycles. The van der Waals surface area contributed by atoms with E-state index in [1.807, 2.05) is 0 Å². The predicted octanol–water partition coefficient (Wildman–Crippen LogP) is 4.03. The Morgan fingerprint density at radius 3 is 2.21 bits per heavy atom. The molecule has 0 heterocycles. The number of aliphatic hydroxyl groups is 1. The first kappa shape index (κ1) is 13.9. The van der Waals surface area contributed by atoms with E-state index in [-0.39, 0.29) is 17.0 Å². The average Bonchev–Trinajstić information content (AvgIpc) is 2.35. The Balaban J connectivity index is 2.31. The third-order valence-electron chi connectivity index (χ3n) is 2.78. The van der Waals surface area contributed by atoms with Crippen molar-refractivity contribution in [1.82, 2.24) is 0 Å². The zero-order valence-corrected chi connectivity index (χ0v) is 10.5. The first-order valence-electron chi connectivity index (χ1n) is 5.55. The van der Waals surface area contributed by atoms with Crippen molar-refractivity contribution in [1.29, 1.82) is 0 Å². The van der Waals surface area contributed by atoms with Gasteiger partial charge in [-0.1, -0.05) is 29.8 Å². The number of halogens is 4. The van der Waals surface area contributed by atoms with Crippen LogP contribution in [0.3, 0.4) is 0 Å². The third kappa shape index (κ3) is 2.91. The Kier molecular flexibility index (Phi) is 4.12. The van der Waals surface area contributed by atoms with E-state index in [0.29, 0.717) is 0 Å². The molecule has 0 fully saturated rings. The number of aliphatic hydroxyl groups excluding tert-OH is 1. The second-order valence-corrected chi connectivity index (χ2v) is 4.48. The molecule has 1 N–H and O–H groups in total. The summed E-state index contributed by atoms with van der Waals surface area (Å²) in [4.78, 5) is 0. The molecule has 0 radical (unpaired) electrons. The highest BCUT2D eigenvalue weighted by molar-refractivity contribution is 6.30. The van der Waals surface area contributed by atoms with Gasteiger partial charge >= 0.3 is 0 Å². The van der Waals surface area contributed by atoms with Crippen molar-refractivity contribution < 1.29 is 18.3 Å². The maximum atomic E-state index is 13.6. The van der Waals surface area contributed by atoms with Gasteiger partial charge in [-0.15, -0.1) is 0 Å². The molecule has 0 saturated carbocycles. The molecule has 2 rings (SSSR count). The summed E-state index contributed by atoms with van der Waals surface area (Å²) in [5, 5.41) is 9.76. The predicted molar refractivity (Wildman–Crippen MR) is 66.4 cm³/mol. The van der Waals surface area contributed by atoms with Gasteiger partial charge in [-0.25, -0.2) is 13.2 Å². The fourth-order valence-electron chi connectivity index (χ4n) is 1.85. The first-order chi connectivity index (χ1) is 9.00. The topological polar surface area (TPSA) is 20.2 Å². The minimum Gasteiger partial charge on any atom is -0.388 e. The van der Waals surface area contributed by atoms with Crippen LogP contribution in [0.25, 0.3) is 0 Å². The monoisotopic (exact) mass is 286 g/mol. The van der Waals surface area contributed by atoms with Crippen LogP contribution in [0.2, 0.25) is 5.02 Å². The molecule has 0 aliphatic carbocycles. The van der Waals surface area contributed by atoms with Crippen molar-refractivity contribution in [2.45, 2.75) is 12.5 Å². The van der Waals surface area contributed by atoms with Crippen LogP contribution in [0.1, 0.15) is 17.2 Å². The van der Waals surface area contributed by atoms with E-state index in [9.17, 15) is 18.3 Å². The molecule has 5 heteroatoms. The molecule has 0 spiro atoms. The van der Waals surface area contributed by atoms with Crippen LogP contribution in [0, 0.1) is 17.5 Å². The summed E-state index contributed by atoms with van der Waals surface area (Å²) < 4.78 is 40.6. The van der Waals surface area contributed by atoms with E-state index in [1.54, 1.807) is 0 Å². The van der Waals surface area contributed by atoms with Gasteiger partial charge in [0.15, 0.2) is 0 Å². The van der Waals surface area contributed by atoms with E-state index in [0.717, 1.165) is 12.1 Å². The maximum Gasteiger partial charge on any atom is 0.145 e. The summed E-state index contributed by atoms with van der Waals surface area (Å²) in [7, 11) is 0. The summed E-state index contributed by atoms with van der Waals surface area (Å²) in [6, 6.07) is 7.54. The van der Waals surface area contributed by atoms with E-state index in [4.69, 9.17) is 11.6 Å². The molecule has 19 heavy (non-hydrogen) atoms. The summed E-state index contributed by atoms with van der Waals surface area (Å²) in [5.74, 6) is -2.43. The molecule has 0 amide bonds. The quantitative estimate of drug-likeness (QED) is 0.903. The van der Waals surface area contributed by atoms with E-state index in [2.05, 4.69) is 0 Å². The van der Waals surface area contributed by atoms with Gasteiger partial charge in [-0.2, -0.15) is 0 Å². The zero-order valence-electron chi connectivity index (χ0n) is 9.71. The minimum atomic E-state index is -1.48. The van der Waals surface area contributed by atoms with Crippen molar-refractivity contribution in [2.24, 2.45) is 0 Å². The third-order valence-corrected chi connectivity index (χ3v) is 3.07. The zero-order chi connectivity index (χ0) is 14.0. The molecular formula is C14H10ClF3O. The van der Waals surface area contributed by atoms with Gasteiger partial charge in [0.25, 0.3) is 0 Å². The Morgan fingerprint density at radius 1 is 1.00 bits per heavy atom. The number of hydrogen-bond acceptors (Lipinski definition) is 1. The van der Waals surface area contributed by atoms with E-state index < -0.39 is 29.1 Å². The molecule has 0 saturated heterocycles. The van der Waals surface area contributed by atoms with Gasteiger partial charge in [0, 0.05) is 6.42 Å². The van der Waals surface area contributed by atoms with Crippen LogP contribution in [0.4, 0.5) is 13.2 Å². The summed E-state index contributed by atoms with van der Waals surface area (Å²) in [6.07, 6.45) is -1.74. The van der Waals surface area contributed by atoms with Crippen LogP contribution in [0.5, 0.6) is 0 Å².